The average Bonchev–Trinajstić information content (AvgIpc) is 2.77. The lowest BCUT2D eigenvalue weighted by atomic mass is 9.73. The highest BCUT2D eigenvalue weighted by atomic mass is 35.5. The van der Waals surface area contributed by atoms with Gasteiger partial charge in [0.2, 0.25) is 0 Å². The van der Waals surface area contributed by atoms with Crippen molar-refractivity contribution in [3.05, 3.63) is 29.0 Å². The maximum absolute atomic E-state index is 6.11. The van der Waals surface area contributed by atoms with Gasteiger partial charge in [-0.05, 0) is 31.0 Å². The summed E-state index contributed by atoms with van der Waals surface area (Å²) in [7, 11) is 2.08. The number of aromatic nitrogens is 2. The van der Waals surface area contributed by atoms with Gasteiger partial charge in [-0.25, -0.2) is 4.98 Å². The molecule has 1 fully saturated rings. The molecule has 102 valence electrons. The standard InChI is InChI=1S/C15H20ClN3/c1-19-13-9-11(16)5-6-12(13)18-14(19)15(10-17)7-3-2-4-8-15/h5-6,9H,2-4,7-8,10,17H2,1H3. The molecule has 1 aromatic heterocycles. The molecule has 0 bridgehead atoms. The molecule has 2 aromatic rings. The number of rotatable bonds is 2. The Morgan fingerprint density at radius 3 is 2.74 bits per heavy atom. The Kier molecular flexibility index (Phi) is 3.27. The third-order valence-electron chi connectivity index (χ3n) is 4.52. The topological polar surface area (TPSA) is 43.8 Å². The molecule has 0 aliphatic heterocycles. The molecule has 1 saturated carbocycles. The number of aryl methyl sites for hydroxylation is 1. The van der Waals surface area contributed by atoms with Crippen molar-refractivity contribution in [1.29, 1.82) is 0 Å². The van der Waals surface area contributed by atoms with E-state index in [2.05, 4.69) is 11.6 Å². The van der Waals surface area contributed by atoms with Gasteiger partial charge in [0.15, 0.2) is 0 Å². The molecular weight excluding hydrogens is 258 g/mol. The number of hydrogen-bond acceptors (Lipinski definition) is 2. The van der Waals surface area contributed by atoms with Gasteiger partial charge in [-0.1, -0.05) is 30.9 Å². The average molecular weight is 278 g/mol. The zero-order chi connectivity index (χ0) is 13.5. The van der Waals surface area contributed by atoms with E-state index in [1.807, 2.05) is 18.2 Å². The summed E-state index contributed by atoms with van der Waals surface area (Å²) in [6, 6.07) is 5.88. The molecule has 0 saturated heterocycles. The second-order valence-electron chi connectivity index (χ2n) is 5.67. The van der Waals surface area contributed by atoms with Crippen molar-refractivity contribution in [3.63, 3.8) is 0 Å². The van der Waals surface area contributed by atoms with Crippen LogP contribution in [0.3, 0.4) is 0 Å². The summed E-state index contributed by atoms with van der Waals surface area (Å²) in [6.45, 7) is 0.678. The fourth-order valence-electron chi connectivity index (χ4n) is 3.38. The lowest BCUT2D eigenvalue weighted by Crippen LogP contribution is -2.39. The van der Waals surface area contributed by atoms with Gasteiger partial charge in [0.25, 0.3) is 0 Å². The third-order valence-corrected chi connectivity index (χ3v) is 4.75. The molecule has 1 aliphatic rings. The van der Waals surface area contributed by atoms with E-state index in [0.717, 1.165) is 34.7 Å². The van der Waals surface area contributed by atoms with E-state index in [9.17, 15) is 0 Å². The summed E-state index contributed by atoms with van der Waals surface area (Å²) in [5.41, 5.74) is 8.28. The number of nitrogens with zero attached hydrogens (tertiary/aromatic N) is 2. The molecule has 4 heteroatoms. The van der Waals surface area contributed by atoms with E-state index < -0.39 is 0 Å². The van der Waals surface area contributed by atoms with Gasteiger partial charge in [-0.15, -0.1) is 0 Å². The van der Waals surface area contributed by atoms with Gasteiger partial charge < -0.3 is 10.3 Å². The number of fused-ring (bicyclic) bond motifs is 1. The molecule has 1 aromatic carbocycles. The molecule has 19 heavy (non-hydrogen) atoms. The fourth-order valence-corrected chi connectivity index (χ4v) is 3.55. The molecule has 0 amide bonds. The first-order valence-corrected chi connectivity index (χ1v) is 7.37. The van der Waals surface area contributed by atoms with E-state index in [4.69, 9.17) is 22.3 Å². The van der Waals surface area contributed by atoms with Crippen LogP contribution in [0.15, 0.2) is 18.2 Å². The Labute approximate surface area is 118 Å². The Morgan fingerprint density at radius 1 is 1.32 bits per heavy atom. The molecule has 3 nitrogen and oxygen atoms in total. The van der Waals surface area contributed by atoms with E-state index >= 15 is 0 Å². The normalized spacial score (nSPS) is 18.9. The predicted molar refractivity (Wildman–Crippen MR) is 79.5 cm³/mol. The lowest BCUT2D eigenvalue weighted by Gasteiger charge is -2.35. The van der Waals surface area contributed by atoms with Crippen molar-refractivity contribution >= 4 is 22.6 Å². The quantitative estimate of drug-likeness (QED) is 0.914. The molecule has 1 aliphatic carbocycles. The number of nitrogens with two attached hydrogens (primary N) is 1. The Bertz CT molecular complexity index is 597. The summed E-state index contributed by atoms with van der Waals surface area (Å²) in [6.07, 6.45) is 6.11. The van der Waals surface area contributed by atoms with Crippen molar-refractivity contribution in [2.45, 2.75) is 37.5 Å². The summed E-state index contributed by atoms with van der Waals surface area (Å²) in [5, 5.41) is 0.757. The largest absolute Gasteiger partial charge is 0.331 e. The first-order valence-electron chi connectivity index (χ1n) is 6.99. The molecule has 1 heterocycles. The molecule has 0 radical (unpaired) electrons. The molecule has 2 N–H and O–H groups in total. The van der Waals surface area contributed by atoms with Crippen molar-refractivity contribution in [3.8, 4) is 0 Å². The fraction of sp³-hybridized carbons (Fsp3) is 0.533. The van der Waals surface area contributed by atoms with Gasteiger partial charge >= 0.3 is 0 Å². The number of halogens is 1. The Balaban J connectivity index is 2.15. The maximum Gasteiger partial charge on any atom is 0.117 e. The number of hydrogen-bond donors (Lipinski definition) is 1. The summed E-state index contributed by atoms with van der Waals surface area (Å²) < 4.78 is 2.18. The number of imidazole rings is 1. The van der Waals surface area contributed by atoms with Gasteiger partial charge in [-0.3, -0.25) is 0 Å². The smallest absolute Gasteiger partial charge is 0.117 e. The van der Waals surface area contributed by atoms with Crippen LogP contribution in [-0.2, 0) is 12.5 Å². The van der Waals surface area contributed by atoms with E-state index in [-0.39, 0.29) is 5.41 Å². The van der Waals surface area contributed by atoms with E-state index in [1.54, 1.807) is 0 Å². The zero-order valence-corrected chi connectivity index (χ0v) is 12.1. The highest BCUT2D eigenvalue weighted by Crippen LogP contribution is 2.39. The predicted octanol–water partition coefficient (Wildman–Crippen LogP) is 3.39. The Hall–Kier alpha value is -1.06. The molecule has 0 spiro atoms. The van der Waals surface area contributed by atoms with Crippen LogP contribution in [-0.4, -0.2) is 16.1 Å². The van der Waals surface area contributed by atoms with Crippen LogP contribution in [0.2, 0.25) is 5.02 Å². The SMILES string of the molecule is Cn1c(C2(CN)CCCCC2)nc2ccc(Cl)cc21. The van der Waals surface area contributed by atoms with Crippen LogP contribution in [0.4, 0.5) is 0 Å². The Morgan fingerprint density at radius 2 is 2.05 bits per heavy atom. The minimum atomic E-state index is 0.0541. The monoisotopic (exact) mass is 277 g/mol. The van der Waals surface area contributed by atoms with Crippen LogP contribution in [0.25, 0.3) is 11.0 Å². The van der Waals surface area contributed by atoms with E-state index in [1.165, 1.54) is 19.3 Å². The van der Waals surface area contributed by atoms with Crippen molar-refractivity contribution in [1.82, 2.24) is 9.55 Å². The van der Waals surface area contributed by atoms with Crippen molar-refractivity contribution in [2.24, 2.45) is 12.8 Å². The van der Waals surface area contributed by atoms with Crippen LogP contribution in [0.5, 0.6) is 0 Å². The first kappa shape index (κ1) is 12.9. The summed E-state index contributed by atoms with van der Waals surface area (Å²) >= 11 is 6.09. The maximum atomic E-state index is 6.11. The zero-order valence-electron chi connectivity index (χ0n) is 11.3. The molecule has 0 unspecified atom stereocenters. The van der Waals surface area contributed by atoms with Gasteiger partial charge in [0, 0.05) is 24.0 Å². The van der Waals surface area contributed by atoms with Crippen LogP contribution >= 0.6 is 11.6 Å². The summed E-state index contributed by atoms with van der Waals surface area (Å²) in [5.74, 6) is 1.13. The highest BCUT2D eigenvalue weighted by Gasteiger charge is 2.36. The lowest BCUT2D eigenvalue weighted by molar-refractivity contribution is 0.281. The third kappa shape index (κ3) is 2.05. The number of benzene rings is 1. The van der Waals surface area contributed by atoms with E-state index in [0.29, 0.717) is 6.54 Å². The highest BCUT2D eigenvalue weighted by molar-refractivity contribution is 6.31. The summed E-state index contributed by atoms with van der Waals surface area (Å²) in [4.78, 5) is 4.84. The minimum Gasteiger partial charge on any atom is -0.331 e. The molecule has 0 atom stereocenters. The van der Waals surface area contributed by atoms with Gasteiger partial charge in [-0.2, -0.15) is 0 Å². The minimum absolute atomic E-state index is 0.0541. The molecule has 3 rings (SSSR count). The second-order valence-corrected chi connectivity index (χ2v) is 6.11. The van der Waals surface area contributed by atoms with Crippen LogP contribution in [0, 0.1) is 0 Å². The van der Waals surface area contributed by atoms with Gasteiger partial charge in [0.1, 0.15) is 5.82 Å². The molecular formula is C15H20ClN3. The van der Waals surface area contributed by atoms with Crippen LogP contribution in [0.1, 0.15) is 37.9 Å². The van der Waals surface area contributed by atoms with Crippen molar-refractivity contribution in [2.75, 3.05) is 6.54 Å². The van der Waals surface area contributed by atoms with Crippen molar-refractivity contribution < 1.29 is 0 Å². The first-order chi connectivity index (χ1) is 9.16. The van der Waals surface area contributed by atoms with Crippen LogP contribution < -0.4 is 5.73 Å². The van der Waals surface area contributed by atoms with Gasteiger partial charge in [0.05, 0.1) is 11.0 Å². The second kappa shape index (κ2) is 4.80.